The molecule has 3 aromatic carbocycles. The SMILES string of the molecule is CCOc1ccc(N2CC(C(=O)NC(Cc3ccccc3)c3ccccc3)CC2=O)cc1. The number of hydrogen-bond donors (Lipinski definition) is 1. The summed E-state index contributed by atoms with van der Waals surface area (Å²) in [6, 6.07) is 27.4. The fourth-order valence-corrected chi connectivity index (χ4v) is 4.10. The summed E-state index contributed by atoms with van der Waals surface area (Å²) in [5, 5.41) is 3.20. The molecule has 2 atom stereocenters. The lowest BCUT2D eigenvalue weighted by atomic mass is 9.97. The first-order valence-electron chi connectivity index (χ1n) is 11.1. The van der Waals surface area contributed by atoms with Crippen molar-refractivity contribution in [1.82, 2.24) is 5.32 Å². The van der Waals surface area contributed by atoms with Crippen molar-refractivity contribution in [2.24, 2.45) is 5.92 Å². The molecule has 0 aromatic heterocycles. The van der Waals surface area contributed by atoms with E-state index < -0.39 is 0 Å². The number of ether oxygens (including phenoxy) is 1. The number of amides is 2. The van der Waals surface area contributed by atoms with Crippen molar-refractivity contribution < 1.29 is 14.3 Å². The molecule has 5 heteroatoms. The number of hydrogen-bond acceptors (Lipinski definition) is 3. The van der Waals surface area contributed by atoms with Crippen molar-refractivity contribution in [3.05, 3.63) is 96.1 Å². The van der Waals surface area contributed by atoms with E-state index in [0.29, 0.717) is 19.6 Å². The molecule has 2 unspecified atom stereocenters. The smallest absolute Gasteiger partial charge is 0.227 e. The molecule has 1 aliphatic rings. The lowest BCUT2D eigenvalue weighted by Crippen LogP contribution is -2.36. The minimum absolute atomic E-state index is 0.0337. The molecule has 2 amide bonds. The van der Waals surface area contributed by atoms with E-state index >= 15 is 0 Å². The highest BCUT2D eigenvalue weighted by atomic mass is 16.5. The number of carbonyl (C=O) groups is 2. The first-order valence-corrected chi connectivity index (χ1v) is 11.1. The van der Waals surface area contributed by atoms with E-state index in [1.165, 1.54) is 0 Å². The molecule has 4 rings (SSSR count). The van der Waals surface area contributed by atoms with Crippen LogP contribution in [0.1, 0.15) is 30.5 Å². The minimum Gasteiger partial charge on any atom is -0.494 e. The number of nitrogens with zero attached hydrogens (tertiary/aromatic N) is 1. The van der Waals surface area contributed by atoms with Gasteiger partial charge in [-0.05, 0) is 48.7 Å². The second-order valence-electron chi connectivity index (χ2n) is 7.99. The van der Waals surface area contributed by atoms with Gasteiger partial charge in [-0.2, -0.15) is 0 Å². The van der Waals surface area contributed by atoms with E-state index in [4.69, 9.17) is 4.74 Å². The maximum absolute atomic E-state index is 13.2. The zero-order chi connectivity index (χ0) is 22.3. The molecule has 1 aliphatic heterocycles. The van der Waals surface area contributed by atoms with E-state index in [1.54, 1.807) is 4.90 Å². The fourth-order valence-electron chi connectivity index (χ4n) is 4.10. The predicted octanol–water partition coefficient (Wildman–Crippen LogP) is 4.54. The second-order valence-corrected chi connectivity index (χ2v) is 7.99. The summed E-state index contributed by atoms with van der Waals surface area (Å²) in [4.78, 5) is 27.5. The van der Waals surface area contributed by atoms with Gasteiger partial charge in [0, 0.05) is 18.7 Å². The van der Waals surface area contributed by atoms with E-state index in [2.05, 4.69) is 17.4 Å². The van der Waals surface area contributed by atoms with Crippen LogP contribution >= 0.6 is 0 Å². The summed E-state index contributed by atoms with van der Waals surface area (Å²) >= 11 is 0. The van der Waals surface area contributed by atoms with Crippen LogP contribution in [0, 0.1) is 5.92 Å². The molecule has 5 nitrogen and oxygen atoms in total. The Morgan fingerprint density at radius 3 is 2.31 bits per heavy atom. The van der Waals surface area contributed by atoms with Gasteiger partial charge in [0.05, 0.1) is 18.6 Å². The molecule has 1 heterocycles. The third-order valence-corrected chi connectivity index (χ3v) is 5.76. The van der Waals surface area contributed by atoms with Crippen molar-refractivity contribution in [1.29, 1.82) is 0 Å². The Hall–Kier alpha value is -3.60. The van der Waals surface area contributed by atoms with Gasteiger partial charge in [-0.1, -0.05) is 60.7 Å². The lowest BCUT2D eigenvalue weighted by Gasteiger charge is -2.22. The van der Waals surface area contributed by atoms with Crippen LogP contribution in [0.4, 0.5) is 5.69 Å². The molecular weight excluding hydrogens is 400 g/mol. The predicted molar refractivity (Wildman–Crippen MR) is 126 cm³/mol. The lowest BCUT2D eigenvalue weighted by molar-refractivity contribution is -0.127. The molecule has 0 radical (unpaired) electrons. The summed E-state index contributed by atoms with van der Waals surface area (Å²) in [5.74, 6) is 0.269. The maximum Gasteiger partial charge on any atom is 0.227 e. The molecule has 1 fully saturated rings. The van der Waals surface area contributed by atoms with Gasteiger partial charge in [0.2, 0.25) is 11.8 Å². The molecule has 0 aliphatic carbocycles. The Bertz CT molecular complexity index is 1040. The monoisotopic (exact) mass is 428 g/mol. The highest BCUT2D eigenvalue weighted by molar-refractivity contribution is 6.00. The molecule has 0 spiro atoms. The maximum atomic E-state index is 13.2. The van der Waals surface area contributed by atoms with Gasteiger partial charge in [-0.3, -0.25) is 9.59 Å². The Labute approximate surface area is 189 Å². The first-order chi connectivity index (χ1) is 15.6. The number of benzene rings is 3. The van der Waals surface area contributed by atoms with Gasteiger partial charge in [0.1, 0.15) is 5.75 Å². The van der Waals surface area contributed by atoms with Gasteiger partial charge >= 0.3 is 0 Å². The van der Waals surface area contributed by atoms with Crippen LogP contribution in [0.15, 0.2) is 84.9 Å². The Morgan fingerprint density at radius 2 is 1.66 bits per heavy atom. The highest BCUT2D eigenvalue weighted by Gasteiger charge is 2.36. The number of carbonyl (C=O) groups excluding carboxylic acids is 2. The van der Waals surface area contributed by atoms with Gasteiger partial charge in [0.25, 0.3) is 0 Å². The molecule has 0 bridgehead atoms. The van der Waals surface area contributed by atoms with E-state index in [9.17, 15) is 9.59 Å². The third-order valence-electron chi connectivity index (χ3n) is 5.76. The summed E-state index contributed by atoms with van der Waals surface area (Å²) in [7, 11) is 0. The molecule has 1 N–H and O–H groups in total. The third kappa shape index (κ3) is 5.17. The second kappa shape index (κ2) is 10.1. The van der Waals surface area contributed by atoms with Gasteiger partial charge in [0.15, 0.2) is 0 Å². The Balaban J connectivity index is 1.45. The minimum atomic E-state index is -0.379. The fraction of sp³-hybridized carbons (Fsp3) is 0.259. The number of anilines is 1. The van der Waals surface area contributed by atoms with Crippen LogP contribution in [-0.4, -0.2) is 25.0 Å². The van der Waals surface area contributed by atoms with Gasteiger partial charge in [-0.15, -0.1) is 0 Å². The Kier molecular flexibility index (Phi) is 6.85. The topological polar surface area (TPSA) is 58.6 Å². The summed E-state index contributed by atoms with van der Waals surface area (Å²) in [6.45, 7) is 2.91. The van der Waals surface area contributed by atoms with Crippen LogP contribution < -0.4 is 15.0 Å². The molecule has 0 saturated carbocycles. The van der Waals surface area contributed by atoms with Gasteiger partial charge < -0.3 is 15.0 Å². The largest absolute Gasteiger partial charge is 0.494 e. The van der Waals surface area contributed by atoms with E-state index in [0.717, 1.165) is 22.6 Å². The quantitative estimate of drug-likeness (QED) is 0.573. The summed E-state index contributed by atoms with van der Waals surface area (Å²) in [5.41, 5.74) is 3.00. The van der Waals surface area contributed by atoms with Crippen LogP contribution in [0.5, 0.6) is 5.75 Å². The highest BCUT2D eigenvalue weighted by Crippen LogP contribution is 2.28. The Morgan fingerprint density at radius 1 is 1.00 bits per heavy atom. The van der Waals surface area contributed by atoms with Crippen LogP contribution in [0.2, 0.25) is 0 Å². The van der Waals surface area contributed by atoms with Crippen molar-refractivity contribution in [3.8, 4) is 5.75 Å². The van der Waals surface area contributed by atoms with E-state index in [1.807, 2.05) is 79.7 Å². The normalized spacial score (nSPS) is 16.6. The van der Waals surface area contributed by atoms with E-state index in [-0.39, 0.29) is 30.2 Å². The summed E-state index contributed by atoms with van der Waals surface area (Å²) < 4.78 is 5.48. The average Bonchev–Trinajstić information content (AvgIpc) is 3.22. The van der Waals surface area contributed by atoms with Crippen LogP contribution in [0.25, 0.3) is 0 Å². The zero-order valence-electron chi connectivity index (χ0n) is 18.2. The standard InChI is InChI=1S/C27H28N2O3/c1-2-32-24-15-13-23(14-16-24)29-19-22(18-26(29)30)27(31)28-25(21-11-7-4-8-12-21)17-20-9-5-3-6-10-20/h3-16,22,25H,2,17-19H2,1H3,(H,28,31). The number of rotatable bonds is 8. The molecule has 164 valence electrons. The number of nitrogens with one attached hydrogen (secondary N) is 1. The molecule has 32 heavy (non-hydrogen) atoms. The average molecular weight is 429 g/mol. The van der Waals surface area contributed by atoms with Crippen LogP contribution in [-0.2, 0) is 16.0 Å². The van der Waals surface area contributed by atoms with Crippen molar-refractivity contribution in [2.45, 2.75) is 25.8 Å². The van der Waals surface area contributed by atoms with Crippen molar-refractivity contribution >= 4 is 17.5 Å². The zero-order valence-corrected chi connectivity index (χ0v) is 18.2. The molecular formula is C27H28N2O3. The molecule has 3 aromatic rings. The van der Waals surface area contributed by atoms with Crippen molar-refractivity contribution in [3.63, 3.8) is 0 Å². The van der Waals surface area contributed by atoms with Crippen LogP contribution in [0.3, 0.4) is 0 Å². The molecule has 1 saturated heterocycles. The van der Waals surface area contributed by atoms with Crippen molar-refractivity contribution in [2.75, 3.05) is 18.1 Å². The van der Waals surface area contributed by atoms with Gasteiger partial charge in [-0.25, -0.2) is 0 Å². The first kappa shape index (κ1) is 21.6. The summed E-state index contributed by atoms with van der Waals surface area (Å²) in [6.07, 6.45) is 0.908.